The van der Waals surface area contributed by atoms with E-state index in [-0.39, 0.29) is 18.6 Å². The average molecular weight is 420 g/mol. The number of fused-ring (bicyclic) bond motifs is 1. The summed E-state index contributed by atoms with van der Waals surface area (Å²) in [6.07, 6.45) is 4.93. The van der Waals surface area contributed by atoms with Gasteiger partial charge in [-0.05, 0) is 54.7 Å². The van der Waals surface area contributed by atoms with Crippen LogP contribution in [0.1, 0.15) is 36.8 Å². The molecule has 0 N–H and O–H groups in total. The van der Waals surface area contributed by atoms with Gasteiger partial charge in [-0.3, -0.25) is 4.79 Å². The summed E-state index contributed by atoms with van der Waals surface area (Å²) in [4.78, 5) is 15.1. The number of hydrogen-bond acceptors (Lipinski definition) is 3. The smallest absolute Gasteiger partial charge is 0.231 e. The number of carbonyl (C=O) groups is 1. The fraction of sp³-hybridized carbons (Fsp3) is 0.409. The summed E-state index contributed by atoms with van der Waals surface area (Å²) in [6.45, 7) is 1.42. The van der Waals surface area contributed by atoms with E-state index in [2.05, 4.69) is 0 Å². The van der Waals surface area contributed by atoms with E-state index in [9.17, 15) is 4.79 Å². The van der Waals surface area contributed by atoms with Gasteiger partial charge in [-0.1, -0.05) is 48.2 Å². The van der Waals surface area contributed by atoms with Crippen LogP contribution in [-0.4, -0.2) is 24.1 Å². The van der Waals surface area contributed by atoms with E-state index < -0.39 is 0 Å². The third-order valence-corrected chi connectivity index (χ3v) is 6.08. The predicted octanol–water partition coefficient (Wildman–Crippen LogP) is 5.48. The highest BCUT2D eigenvalue weighted by atomic mass is 35.5. The van der Waals surface area contributed by atoms with E-state index in [4.69, 9.17) is 32.7 Å². The molecule has 1 saturated carbocycles. The molecule has 2 aromatic carbocycles. The van der Waals surface area contributed by atoms with Crippen LogP contribution in [0, 0.1) is 5.92 Å². The van der Waals surface area contributed by atoms with Crippen molar-refractivity contribution in [2.75, 3.05) is 13.3 Å². The first-order chi connectivity index (χ1) is 13.6. The van der Waals surface area contributed by atoms with E-state index in [0.717, 1.165) is 48.3 Å². The van der Waals surface area contributed by atoms with Crippen molar-refractivity contribution in [2.45, 2.75) is 38.6 Å². The van der Waals surface area contributed by atoms with Gasteiger partial charge in [-0.25, -0.2) is 0 Å². The Labute approximate surface area is 175 Å². The zero-order valence-electron chi connectivity index (χ0n) is 15.6. The molecule has 2 aromatic rings. The maximum Gasteiger partial charge on any atom is 0.231 e. The lowest BCUT2D eigenvalue weighted by molar-refractivity contribution is -0.136. The zero-order valence-corrected chi connectivity index (χ0v) is 17.1. The fourth-order valence-electron chi connectivity index (χ4n) is 3.94. The van der Waals surface area contributed by atoms with Crippen LogP contribution < -0.4 is 9.47 Å². The molecule has 2 aliphatic rings. The molecule has 1 aliphatic carbocycles. The summed E-state index contributed by atoms with van der Waals surface area (Å²) in [5, 5.41) is 1.26. The normalized spacial score (nSPS) is 15.8. The van der Waals surface area contributed by atoms with Crippen LogP contribution in [0.4, 0.5) is 0 Å². The van der Waals surface area contributed by atoms with Gasteiger partial charge >= 0.3 is 0 Å². The molecule has 0 aromatic heterocycles. The first-order valence-corrected chi connectivity index (χ1v) is 10.5. The summed E-state index contributed by atoms with van der Waals surface area (Å²) in [7, 11) is 0. The molecule has 0 atom stereocenters. The standard InChI is InChI=1S/C22H23Cl2NO3/c23-18-7-6-16(19(24)12-18)9-10-25(22(26)17-3-1-2-4-17)13-15-5-8-20-21(11-15)28-14-27-20/h5-8,11-12,17H,1-4,9-10,13-14H2. The van der Waals surface area contributed by atoms with Crippen molar-refractivity contribution >= 4 is 29.1 Å². The van der Waals surface area contributed by atoms with Gasteiger partial charge < -0.3 is 14.4 Å². The minimum atomic E-state index is 0.134. The second-order valence-corrected chi connectivity index (χ2v) is 8.26. The Morgan fingerprint density at radius 3 is 2.61 bits per heavy atom. The van der Waals surface area contributed by atoms with E-state index >= 15 is 0 Å². The molecule has 28 heavy (non-hydrogen) atoms. The second-order valence-electron chi connectivity index (χ2n) is 7.41. The minimum absolute atomic E-state index is 0.134. The summed E-state index contributed by atoms with van der Waals surface area (Å²) in [5.41, 5.74) is 2.04. The topological polar surface area (TPSA) is 38.8 Å². The van der Waals surface area contributed by atoms with Crippen molar-refractivity contribution in [3.8, 4) is 11.5 Å². The molecule has 1 fully saturated rings. The molecule has 0 unspecified atom stereocenters. The van der Waals surface area contributed by atoms with Gasteiger partial charge in [0.25, 0.3) is 0 Å². The molecular weight excluding hydrogens is 397 g/mol. The Kier molecular flexibility index (Phi) is 5.98. The largest absolute Gasteiger partial charge is 0.454 e. The van der Waals surface area contributed by atoms with Crippen LogP contribution in [-0.2, 0) is 17.8 Å². The Hall–Kier alpha value is -1.91. The van der Waals surface area contributed by atoms with Gasteiger partial charge in [0.05, 0.1) is 0 Å². The van der Waals surface area contributed by atoms with Gasteiger partial charge in [-0.2, -0.15) is 0 Å². The van der Waals surface area contributed by atoms with Crippen molar-refractivity contribution in [3.63, 3.8) is 0 Å². The van der Waals surface area contributed by atoms with Gasteiger partial charge in [-0.15, -0.1) is 0 Å². The monoisotopic (exact) mass is 419 g/mol. The molecule has 4 rings (SSSR count). The summed E-state index contributed by atoms with van der Waals surface area (Å²) < 4.78 is 10.9. The van der Waals surface area contributed by atoms with Crippen molar-refractivity contribution in [1.29, 1.82) is 0 Å². The highest BCUT2D eigenvalue weighted by Crippen LogP contribution is 2.33. The quantitative estimate of drug-likeness (QED) is 0.621. The molecule has 0 saturated heterocycles. The number of rotatable bonds is 6. The average Bonchev–Trinajstić information content (AvgIpc) is 3.37. The summed E-state index contributed by atoms with van der Waals surface area (Å²) in [6, 6.07) is 11.4. The number of halogens is 2. The molecule has 1 heterocycles. The molecule has 148 valence electrons. The van der Waals surface area contributed by atoms with Crippen LogP contribution in [0.25, 0.3) is 0 Å². The number of ether oxygens (including phenoxy) is 2. The Balaban J connectivity index is 1.50. The predicted molar refractivity (Wildman–Crippen MR) is 110 cm³/mol. The molecular formula is C22H23Cl2NO3. The fourth-order valence-corrected chi connectivity index (χ4v) is 4.44. The van der Waals surface area contributed by atoms with Crippen LogP contribution in [0.15, 0.2) is 36.4 Å². The van der Waals surface area contributed by atoms with Crippen molar-refractivity contribution in [2.24, 2.45) is 5.92 Å². The molecule has 0 spiro atoms. The van der Waals surface area contributed by atoms with Crippen LogP contribution in [0.3, 0.4) is 0 Å². The maximum absolute atomic E-state index is 13.2. The lowest BCUT2D eigenvalue weighted by Crippen LogP contribution is -2.36. The summed E-state index contributed by atoms with van der Waals surface area (Å²) >= 11 is 12.3. The molecule has 0 bridgehead atoms. The Morgan fingerprint density at radius 2 is 1.82 bits per heavy atom. The lowest BCUT2D eigenvalue weighted by Gasteiger charge is -2.26. The number of hydrogen-bond donors (Lipinski definition) is 0. The second kappa shape index (κ2) is 8.62. The number of nitrogens with zero attached hydrogens (tertiary/aromatic N) is 1. The molecule has 1 aliphatic heterocycles. The minimum Gasteiger partial charge on any atom is -0.454 e. The SMILES string of the molecule is O=C(C1CCCC1)N(CCc1ccc(Cl)cc1Cl)Cc1ccc2c(c1)OCO2. The third-order valence-electron chi connectivity index (χ3n) is 5.49. The third kappa shape index (κ3) is 4.39. The maximum atomic E-state index is 13.2. The van der Waals surface area contributed by atoms with Crippen molar-refractivity contribution < 1.29 is 14.3 Å². The van der Waals surface area contributed by atoms with Gasteiger partial charge in [0.1, 0.15) is 0 Å². The van der Waals surface area contributed by atoms with E-state index in [1.807, 2.05) is 35.2 Å². The molecule has 0 radical (unpaired) electrons. The number of amides is 1. The van der Waals surface area contributed by atoms with Gasteiger partial charge in [0.2, 0.25) is 12.7 Å². The zero-order chi connectivity index (χ0) is 19.5. The van der Waals surface area contributed by atoms with Crippen LogP contribution >= 0.6 is 23.2 Å². The molecule has 4 nitrogen and oxygen atoms in total. The highest BCUT2D eigenvalue weighted by Gasteiger charge is 2.27. The van der Waals surface area contributed by atoms with Crippen LogP contribution in [0.5, 0.6) is 11.5 Å². The number of carbonyl (C=O) groups excluding carboxylic acids is 1. The first kappa shape index (κ1) is 19.4. The highest BCUT2D eigenvalue weighted by molar-refractivity contribution is 6.35. The molecule has 6 heteroatoms. The number of benzene rings is 2. The molecule has 1 amide bonds. The summed E-state index contributed by atoms with van der Waals surface area (Å²) in [5.74, 6) is 1.87. The van der Waals surface area contributed by atoms with Gasteiger partial charge in [0.15, 0.2) is 11.5 Å². The first-order valence-electron chi connectivity index (χ1n) is 9.71. The van der Waals surface area contributed by atoms with E-state index in [1.165, 1.54) is 0 Å². The lowest BCUT2D eigenvalue weighted by atomic mass is 10.0. The Morgan fingerprint density at radius 1 is 1.04 bits per heavy atom. The van der Waals surface area contributed by atoms with Gasteiger partial charge in [0, 0.05) is 29.1 Å². The van der Waals surface area contributed by atoms with Crippen molar-refractivity contribution in [1.82, 2.24) is 4.90 Å². The van der Waals surface area contributed by atoms with Crippen molar-refractivity contribution in [3.05, 3.63) is 57.6 Å². The van der Waals surface area contributed by atoms with E-state index in [1.54, 1.807) is 6.07 Å². The van der Waals surface area contributed by atoms with E-state index in [0.29, 0.717) is 29.6 Å². The Bertz CT molecular complexity index is 865. The van der Waals surface area contributed by atoms with Crippen LogP contribution in [0.2, 0.25) is 10.0 Å².